The Morgan fingerprint density at radius 3 is 2.55 bits per heavy atom. The highest BCUT2D eigenvalue weighted by Crippen LogP contribution is 2.34. The largest absolute Gasteiger partial charge is 0.451 e. The minimum Gasteiger partial charge on any atom is -0.451 e. The molecule has 1 atom stereocenters. The second-order valence-corrected chi connectivity index (χ2v) is 5.41. The molecule has 1 amide bonds. The predicted octanol–water partition coefficient (Wildman–Crippen LogP) is 1.93. The lowest BCUT2D eigenvalue weighted by molar-refractivity contribution is -0.125. The molecular weight excluding hydrogens is 357 g/mol. The number of carbonyl (C=O) groups is 2. The van der Waals surface area contributed by atoms with E-state index in [1.807, 2.05) is 0 Å². The summed E-state index contributed by atoms with van der Waals surface area (Å²) >= 11 is 17.3. The van der Waals surface area contributed by atoms with Gasteiger partial charge < -0.3 is 20.5 Å². The van der Waals surface area contributed by atoms with Crippen LogP contribution in [0.5, 0.6) is 0 Å². The SMILES string of the molecule is COCC(C)NC(=O)COC(=O)c1nc(Cl)c(Cl)c(N)c1Cl. The number of methoxy groups -OCH3 is 1. The number of nitrogens with two attached hydrogens (primary N) is 1. The van der Waals surface area contributed by atoms with Crippen LogP contribution in [0.1, 0.15) is 17.4 Å². The van der Waals surface area contributed by atoms with Gasteiger partial charge in [-0.3, -0.25) is 4.79 Å². The standard InChI is InChI=1S/C12H14Cl3N3O4/c1-5(3-21-2)17-6(19)4-22-12(20)10-7(13)9(16)8(14)11(15)18-10/h5H,3-4H2,1-2H3,(H2,16,18)(H,17,19). The number of esters is 1. The van der Waals surface area contributed by atoms with Gasteiger partial charge in [0, 0.05) is 13.2 Å². The zero-order valence-electron chi connectivity index (χ0n) is 11.8. The maximum Gasteiger partial charge on any atom is 0.359 e. The van der Waals surface area contributed by atoms with Crippen molar-refractivity contribution in [1.29, 1.82) is 0 Å². The van der Waals surface area contributed by atoms with Gasteiger partial charge in [-0.25, -0.2) is 9.78 Å². The van der Waals surface area contributed by atoms with Gasteiger partial charge in [0.1, 0.15) is 5.02 Å². The third kappa shape index (κ3) is 4.88. The Bertz CT molecular complexity index is 583. The van der Waals surface area contributed by atoms with Crippen LogP contribution in [0.4, 0.5) is 5.69 Å². The highest BCUT2D eigenvalue weighted by Gasteiger charge is 2.21. The van der Waals surface area contributed by atoms with Crippen molar-refractivity contribution in [3.63, 3.8) is 0 Å². The lowest BCUT2D eigenvalue weighted by atomic mass is 10.3. The lowest BCUT2D eigenvalue weighted by Crippen LogP contribution is -2.38. The number of hydrogen-bond acceptors (Lipinski definition) is 6. The van der Waals surface area contributed by atoms with Gasteiger partial charge in [-0.15, -0.1) is 0 Å². The Morgan fingerprint density at radius 1 is 1.32 bits per heavy atom. The third-order valence-electron chi connectivity index (χ3n) is 2.42. The molecule has 0 spiro atoms. The number of amides is 1. The molecule has 1 aromatic heterocycles. The molecule has 0 fully saturated rings. The fourth-order valence-electron chi connectivity index (χ4n) is 1.47. The van der Waals surface area contributed by atoms with E-state index in [2.05, 4.69) is 10.3 Å². The lowest BCUT2D eigenvalue weighted by Gasteiger charge is -2.13. The number of nitrogens with zero attached hydrogens (tertiary/aromatic N) is 1. The third-order valence-corrected chi connectivity index (χ3v) is 3.56. The number of rotatable bonds is 6. The molecule has 1 unspecified atom stereocenters. The molecule has 3 N–H and O–H groups in total. The van der Waals surface area contributed by atoms with Gasteiger partial charge in [0.25, 0.3) is 5.91 Å². The maximum atomic E-state index is 11.9. The number of carbonyl (C=O) groups excluding carboxylic acids is 2. The Balaban J connectivity index is 2.69. The Hall–Kier alpha value is -1.28. The van der Waals surface area contributed by atoms with E-state index in [0.717, 1.165) is 0 Å². The number of ether oxygens (including phenoxy) is 2. The molecule has 1 heterocycles. The summed E-state index contributed by atoms with van der Waals surface area (Å²) in [4.78, 5) is 27.1. The molecule has 0 radical (unpaired) electrons. The van der Waals surface area contributed by atoms with Crippen LogP contribution in [-0.4, -0.2) is 43.2 Å². The summed E-state index contributed by atoms with van der Waals surface area (Å²) in [6.45, 7) is 1.56. The first-order valence-corrected chi connectivity index (χ1v) is 7.16. The molecule has 0 saturated carbocycles. The smallest absolute Gasteiger partial charge is 0.359 e. The number of halogens is 3. The van der Waals surface area contributed by atoms with Gasteiger partial charge in [0.2, 0.25) is 0 Å². The Labute approximate surface area is 142 Å². The first-order chi connectivity index (χ1) is 10.3. The maximum absolute atomic E-state index is 11.9. The van der Waals surface area contributed by atoms with Gasteiger partial charge in [-0.1, -0.05) is 34.8 Å². The van der Waals surface area contributed by atoms with Crippen LogP contribution in [0.2, 0.25) is 15.2 Å². The van der Waals surface area contributed by atoms with Crippen LogP contribution in [0, 0.1) is 0 Å². The zero-order chi connectivity index (χ0) is 16.9. The number of hydrogen-bond donors (Lipinski definition) is 2. The average molecular weight is 371 g/mol. The molecule has 0 aliphatic carbocycles. The van der Waals surface area contributed by atoms with Crippen LogP contribution in [0.15, 0.2) is 0 Å². The van der Waals surface area contributed by atoms with E-state index < -0.39 is 18.5 Å². The molecule has 122 valence electrons. The van der Waals surface area contributed by atoms with E-state index in [-0.39, 0.29) is 32.6 Å². The van der Waals surface area contributed by atoms with Crippen molar-refractivity contribution in [2.24, 2.45) is 0 Å². The predicted molar refractivity (Wildman–Crippen MR) is 83.4 cm³/mol. The molecule has 7 nitrogen and oxygen atoms in total. The van der Waals surface area contributed by atoms with Crippen molar-refractivity contribution in [2.45, 2.75) is 13.0 Å². The monoisotopic (exact) mass is 369 g/mol. The van der Waals surface area contributed by atoms with Crippen LogP contribution >= 0.6 is 34.8 Å². The van der Waals surface area contributed by atoms with Crippen LogP contribution in [0.3, 0.4) is 0 Å². The van der Waals surface area contributed by atoms with Gasteiger partial charge in [-0.2, -0.15) is 0 Å². The Morgan fingerprint density at radius 2 is 1.95 bits per heavy atom. The van der Waals surface area contributed by atoms with E-state index in [1.165, 1.54) is 7.11 Å². The summed E-state index contributed by atoms with van der Waals surface area (Å²) in [5, 5.41) is 2.13. The van der Waals surface area contributed by atoms with Gasteiger partial charge >= 0.3 is 5.97 Å². The van der Waals surface area contributed by atoms with Crippen LogP contribution in [0.25, 0.3) is 0 Å². The van der Waals surface area contributed by atoms with Crippen molar-refractivity contribution in [2.75, 3.05) is 26.1 Å². The molecule has 0 saturated heterocycles. The van der Waals surface area contributed by atoms with Crippen molar-refractivity contribution in [1.82, 2.24) is 10.3 Å². The molecule has 0 aliphatic rings. The number of nitrogens with one attached hydrogen (secondary N) is 1. The summed E-state index contributed by atoms with van der Waals surface area (Å²) in [5.74, 6) is -1.44. The average Bonchev–Trinajstić information content (AvgIpc) is 2.46. The van der Waals surface area contributed by atoms with Crippen LogP contribution in [-0.2, 0) is 14.3 Å². The van der Waals surface area contributed by atoms with Gasteiger partial charge in [-0.05, 0) is 6.92 Å². The number of nitrogen functional groups attached to an aromatic ring is 1. The molecule has 22 heavy (non-hydrogen) atoms. The summed E-state index contributed by atoms with van der Waals surface area (Å²) < 4.78 is 9.67. The fraction of sp³-hybridized carbons (Fsp3) is 0.417. The van der Waals surface area contributed by atoms with E-state index in [1.54, 1.807) is 6.92 Å². The first kappa shape index (κ1) is 18.8. The quantitative estimate of drug-likeness (QED) is 0.586. The first-order valence-electron chi connectivity index (χ1n) is 6.03. The molecule has 0 bridgehead atoms. The minimum atomic E-state index is -0.940. The molecule has 10 heteroatoms. The summed E-state index contributed by atoms with van der Waals surface area (Å²) in [6.07, 6.45) is 0. The molecule has 1 aromatic rings. The number of pyridine rings is 1. The van der Waals surface area contributed by atoms with Crippen molar-refractivity contribution >= 4 is 52.4 Å². The van der Waals surface area contributed by atoms with E-state index >= 15 is 0 Å². The highest BCUT2D eigenvalue weighted by molar-refractivity contribution is 6.46. The second kappa shape index (κ2) is 8.38. The van der Waals surface area contributed by atoms with Gasteiger partial charge in [0.15, 0.2) is 17.5 Å². The number of anilines is 1. The summed E-state index contributed by atoms with van der Waals surface area (Å²) in [5.41, 5.74) is 5.18. The Kier molecular flexibility index (Phi) is 7.15. The second-order valence-electron chi connectivity index (χ2n) is 4.29. The minimum absolute atomic E-state index is 0.0608. The van der Waals surface area contributed by atoms with Crippen LogP contribution < -0.4 is 11.1 Å². The molecule has 0 aromatic carbocycles. The topological polar surface area (TPSA) is 104 Å². The van der Waals surface area contributed by atoms with E-state index in [4.69, 9.17) is 50.0 Å². The zero-order valence-corrected chi connectivity index (χ0v) is 14.1. The summed E-state index contributed by atoms with van der Waals surface area (Å²) in [6, 6.07) is -0.224. The van der Waals surface area contributed by atoms with Crippen molar-refractivity contribution in [3.05, 3.63) is 20.9 Å². The van der Waals surface area contributed by atoms with Crippen molar-refractivity contribution < 1.29 is 19.1 Å². The van der Waals surface area contributed by atoms with Crippen molar-refractivity contribution in [3.8, 4) is 0 Å². The fourth-order valence-corrected chi connectivity index (χ4v) is 2.06. The van der Waals surface area contributed by atoms with E-state index in [0.29, 0.717) is 6.61 Å². The molecule has 1 rings (SSSR count). The molecular formula is C12H14Cl3N3O4. The highest BCUT2D eigenvalue weighted by atomic mass is 35.5. The normalized spacial score (nSPS) is 11.9. The molecule has 0 aliphatic heterocycles. The number of aromatic nitrogens is 1. The van der Waals surface area contributed by atoms with Gasteiger partial charge in [0.05, 0.1) is 17.3 Å². The summed E-state index contributed by atoms with van der Waals surface area (Å²) in [7, 11) is 1.50. The van der Waals surface area contributed by atoms with E-state index in [9.17, 15) is 9.59 Å².